The molecule has 2 N–H and O–H groups in total. The monoisotopic (exact) mass is 287 g/mol. The number of ether oxygens (including phenoxy) is 1. The first kappa shape index (κ1) is 12.0. The molecular formula is C12H15BrFNO. The molecular weight excluding hydrogens is 273 g/mol. The van der Waals surface area contributed by atoms with E-state index in [-0.39, 0.29) is 18.0 Å². The summed E-state index contributed by atoms with van der Waals surface area (Å²) in [5, 5.41) is 0. The van der Waals surface area contributed by atoms with Crippen molar-refractivity contribution >= 4 is 15.9 Å². The Balaban J connectivity index is 2.14. The van der Waals surface area contributed by atoms with Crippen LogP contribution < -0.4 is 5.73 Å². The average molecular weight is 288 g/mol. The fourth-order valence-corrected chi connectivity index (χ4v) is 2.49. The van der Waals surface area contributed by atoms with Crippen LogP contribution in [-0.4, -0.2) is 12.7 Å². The van der Waals surface area contributed by atoms with Crippen LogP contribution in [-0.2, 0) is 4.74 Å². The molecule has 3 atom stereocenters. The van der Waals surface area contributed by atoms with Gasteiger partial charge in [-0.3, -0.25) is 0 Å². The number of hydrogen-bond donors (Lipinski definition) is 1. The van der Waals surface area contributed by atoms with Gasteiger partial charge in [-0.05, 0) is 47.0 Å². The van der Waals surface area contributed by atoms with E-state index in [1.54, 1.807) is 12.1 Å². The van der Waals surface area contributed by atoms with E-state index in [2.05, 4.69) is 15.9 Å². The van der Waals surface area contributed by atoms with E-state index in [4.69, 9.17) is 10.5 Å². The average Bonchev–Trinajstić information content (AvgIpc) is 2.68. The maximum absolute atomic E-state index is 13.1. The minimum absolute atomic E-state index is 0.0816. The van der Waals surface area contributed by atoms with Crippen molar-refractivity contribution in [1.29, 1.82) is 0 Å². The summed E-state index contributed by atoms with van der Waals surface area (Å²) in [6.07, 6.45) is 1.25. The standard InChI is InChI=1S/C12H15BrFNO/c1-7-4-9(6-16-7)12(15)8-2-3-11(14)10(13)5-8/h2-3,5,7,9,12H,4,6,15H2,1H3. The first-order chi connectivity index (χ1) is 7.58. The fourth-order valence-electron chi connectivity index (χ4n) is 2.09. The molecule has 4 heteroatoms. The Bertz CT molecular complexity index is 385. The SMILES string of the molecule is CC1CC(C(N)c2ccc(F)c(Br)c2)CO1. The van der Waals surface area contributed by atoms with Crippen LogP contribution in [0.4, 0.5) is 4.39 Å². The van der Waals surface area contributed by atoms with Gasteiger partial charge in [0.15, 0.2) is 0 Å². The molecule has 1 saturated heterocycles. The van der Waals surface area contributed by atoms with Crippen molar-refractivity contribution in [3.63, 3.8) is 0 Å². The summed E-state index contributed by atoms with van der Waals surface area (Å²) in [6.45, 7) is 2.74. The summed E-state index contributed by atoms with van der Waals surface area (Å²) >= 11 is 3.17. The second-order valence-corrected chi connectivity index (χ2v) is 5.19. The molecule has 1 fully saturated rings. The predicted molar refractivity (Wildman–Crippen MR) is 64.5 cm³/mol. The van der Waals surface area contributed by atoms with Gasteiger partial charge in [-0.1, -0.05) is 6.07 Å². The number of nitrogens with two attached hydrogens (primary N) is 1. The Morgan fingerprint density at radius 2 is 2.31 bits per heavy atom. The Kier molecular flexibility index (Phi) is 3.62. The smallest absolute Gasteiger partial charge is 0.137 e. The molecule has 0 spiro atoms. The van der Waals surface area contributed by atoms with Crippen LogP contribution in [0.3, 0.4) is 0 Å². The quantitative estimate of drug-likeness (QED) is 0.908. The molecule has 1 aromatic carbocycles. The van der Waals surface area contributed by atoms with Crippen molar-refractivity contribution in [1.82, 2.24) is 0 Å². The molecule has 0 radical (unpaired) electrons. The number of rotatable bonds is 2. The molecule has 88 valence electrons. The minimum atomic E-state index is -0.257. The number of hydrogen-bond acceptors (Lipinski definition) is 2. The van der Waals surface area contributed by atoms with Crippen LogP contribution in [0.25, 0.3) is 0 Å². The highest BCUT2D eigenvalue weighted by Crippen LogP contribution is 2.31. The van der Waals surface area contributed by atoms with Crippen LogP contribution in [0.15, 0.2) is 22.7 Å². The van der Waals surface area contributed by atoms with Gasteiger partial charge in [-0.2, -0.15) is 0 Å². The number of halogens is 2. The molecule has 2 rings (SSSR count). The van der Waals surface area contributed by atoms with Gasteiger partial charge in [0.1, 0.15) is 5.82 Å². The van der Waals surface area contributed by atoms with Gasteiger partial charge in [0.2, 0.25) is 0 Å². The van der Waals surface area contributed by atoms with E-state index in [0.717, 1.165) is 12.0 Å². The summed E-state index contributed by atoms with van der Waals surface area (Å²) in [7, 11) is 0. The lowest BCUT2D eigenvalue weighted by molar-refractivity contribution is 0.118. The van der Waals surface area contributed by atoms with Gasteiger partial charge in [0.25, 0.3) is 0 Å². The lowest BCUT2D eigenvalue weighted by atomic mass is 9.92. The maximum Gasteiger partial charge on any atom is 0.137 e. The minimum Gasteiger partial charge on any atom is -0.378 e. The van der Waals surface area contributed by atoms with Crippen LogP contribution in [0.2, 0.25) is 0 Å². The molecule has 0 aliphatic carbocycles. The summed E-state index contributed by atoms with van der Waals surface area (Å²) in [6, 6.07) is 4.86. The first-order valence-electron chi connectivity index (χ1n) is 5.40. The normalized spacial score (nSPS) is 27.0. The highest BCUT2D eigenvalue weighted by Gasteiger charge is 2.28. The summed E-state index contributed by atoms with van der Waals surface area (Å²) < 4.78 is 19.1. The molecule has 1 heterocycles. The molecule has 2 nitrogen and oxygen atoms in total. The largest absolute Gasteiger partial charge is 0.378 e. The van der Waals surface area contributed by atoms with E-state index in [1.807, 2.05) is 6.92 Å². The maximum atomic E-state index is 13.1. The Labute approximate surface area is 103 Å². The van der Waals surface area contributed by atoms with Gasteiger partial charge in [0.05, 0.1) is 17.2 Å². The van der Waals surface area contributed by atoms with Gasteiger partial charge < -0.3 is 10.5 Å². The molecule has 16 heavy (non-hydrogen) atoms. The van der Waals surface area contributed by atoms with E-state index in [9.17, 15) is 4.39 Å². The van der Waals surface area contributed by atoms with Crippen molar-refractivity contribution in [2.24, 2.45) is 11.7 Å². The van der Waals surface area contributed by atoms with Crippen LogP contribution >= 0.6 is 15.9 Å². The van der Waals surface area contributed by atoms with Crippen molar-refractivity contribution in [2.45, 2.75) is 25.5 Å². The molecule has 0 bridgehead atoms. The van der Waals surface area contributed by atoms with Crippen LogP contribution in [0.1, 0.15) is 24.9 Å². The zero-order valence-electron chi connectivity index (χ0n) is 9.12. The molecule has 1 aliphatic rings. The van der Waals surface area contributed by atoms with E-state index >= 15 is 0 Å². The van der Waals surface area contributed by atoms with Crippen molar-refractivity contribution in [3.05, 3.63) is 34.1 Å². The zero-order chi connectivity index (χ0) is 11.7. The lowest BCUT2D eigenvalue weighted by Crippen LogP contribution is -2.21. The molecule has 0 aromatic heterocycles. The third kappa shape index (κ3) is 2.44. The predicted octanol–water partition coefficient (Wildman–Crippen LogP) is 3.01. The molecule has 3 unspecified atom stereocenters. The second kappa shape index (κ2) is 4.82. The van der Waals surface area contributed by atoms with Crippen LogP contribution in [0, 0.1) is 11.7 Å². The topological polar surface area (TPSA) is 35.2 Å². The Morgan fingerprint density at radius 3 is 2.88 bits per heavy atom. The van der Waals surface area contributed by atoms with Gasteiger partial charge in [0, 0.05) is 12.0 Å². The Hall–Kier alpha value is -0.450. The number of benzene rings is 1. The van der Waals surface area contributed by atoms with Gasteiger partial charge in [-0.15, -0.1) is 0 Å². The zero-order valence-corrected chi connectivity index (χ0v) is 10.7. The third-order valence-corrected chi connectivity index (χ3v) is 3.67. The van der Waals surface area contributed by atoms with Crippen molar-refractivity contribution in [3.8, 4) is 0 Å². The summed E-state index contributed by atoms with van der Waals surface area (Å²) in [4.78, 5) is 0. The van der Waals surface area contributed by atoms with Gasteiger partial charge >= 0.3 is 0 Å². The lowest BCUT2D eigenvalue weighted by Gasteiger charge is -2.18. The highest BCUT2D eigenvalue weighted by atomic mass is 79.9. The second-order valence-electron chi connectivity index (χ2n) is 4.34. The molecule has 0 saturated carbocycles. The Morgan fingerprint density at radius 1 is 1.56 bits per heavy atom. The van der Waals surface area contributed by atoms with E-state index in [0.29, 0.717) is 17.0 Å². The highest BCUT2D eigenvalue weighted by molar-refractivity contribution is 9.10. The van der Waals surface area contributed by atoms with Gasteiger partial charge in [-0.25, -0.2) is 4.39 Å². The first-order valence-corrected chi connectivity index (χ1v) is 6.19. The summed E-state index contributed by atoms with van der Waals surface area (Å²) in [5.41, 5.74) is 7.11. The van der Waals surface area contributed by atoms with Crippen LogP contribution in [0.5, 0.6) is 0 Å². The van der Waals surface area contributed by atoms with E-state index < -0.39 is 0 Å². The molecule has 0 amide bonds. The van der Waals surface area contributed by atoms with Crippen molar-refractivity contribution < 1.29 is 9.13 Å². The molecule has 1 aliphatic heterocycles. The van der Waals surface area contributed by atoms with E-state index in [1.165, 1.54) is 6.07 Å². The van der Waals surface area contributed by atoms with Crippen molar-refractivity contribution in [2.75, 3.05) is 6.61 Å². The summed E-state index contributed by atoms with van der Waals surface area (Å²) in [5.74, 6) is 0.0688. The molecule has 1 aromatic rings. The third-order valence-electron chi connectivity index (χ3n) is 3.07. The fraction of sp³-hybridized carbons (Fsp3) is 0.500.